The van der Waals surface area contributed by atoms with Gasteiger partial charge in [0.05, 0.1) is 0 Å². The highest BCUT2D eigenvalue weighted by molar-refractivity contribution is 6.25. The molecule has 0 fully saturated rings. The molecule has 1 aromatic carbocycles. The normalized spacial score (nSPS) is 15.3. The van der Waals surface area contributed by atoms with Crippen molar-refractivity contribution in [1.82, 2.24) is 6.15 Å². The van der Waals surface area contributed by atoms with E-state index in [1.807, 2.05) is 0 Å². The molecule has 6 heteroatoms. The quantitative estimate of drug-likeness (QED) is 0.807. The Morgan fingerprint density at radius 1 is 1.32 bits per heavy atom. The number of hydrogen-bond acceptors (Lipinski definition) is 5. The summed E-state index contributed by atoms with van der Waals surface area (Å²) in [6.07, 6.45) is 1.59. The number of carbonyl (C=O) groups is 2. The van der Waals surface area contributed by atoms with Gasteiger partial charge in [0, 0.05) is 11.1 Å². The minimum atomic E-state index is -1.10. The van der Waals surface area contributed by atoms with E-state index in [0.29, 0.717) is 22.4 Å². The predicted molar refractivity (Wildman–Crippen MR) is 69.7 cm³/mol. The van der Waals surface area contributed by atoms with Gasteiger partial charge in [-0.15, -0.1) is 0 Å². The third kappa shape index (κ3) is 3.05. The molecular formula is C13H14N2O4. The fourth-order valence-corrected chi connectivity index (χ4v) is 1.70. The van der Waals surface area contributed by atoms with Gasteiger partial charge in [-0.1, -0.05) is 29.4 Å². The van der Waals surface area contributed by atoms with Crippen LogP contribution >= 0.6 is 0 Å². The van der Waals surface area contributed by atoms with Crippen molar-refractivity contribution in [1.29, 1.82) is 0 Å². The van der Waals surface area contributed by atoms with Crippen molar-refractivity contribution < 1.29 is 19.5 Å². The molecule has 0 unspecified atom stereocenters. The summed E-state index contributed by atoms with van der Waals surface area (Å²) in [6.45, 7) is 1.18. The Morgan fingerprint density at radius 3 is 2.58 bits per heavy atom. The fourth-order valence-electron chi connectivity index (χ4n) is 1.70. The van der Waals surface area contributed by atoms with Crippen molar-refractivity contribution in [2.24, 2.45) is 5.16 Å². The molecule has 19 heavy (non-hydrogen) atoms. The van der Waals surface area contributed by atoms with Crippen LogP contribution in [0.25, 0.3) is 0 Å². The highest BCUT2D eigenvalue weighted by Gasteiger charge is 2.21. The van der Waals surface area contributed by atoms with E-state index >= 15 is 0 Å². The SMILES string of the molecule is CC1=CC(=NOCC(=O)O)c2ccccc2C1=O.N. The molecule has 0 heterocycles. The van der Waals surface area contributed by atoms with Crippen LogP contribution in [-0.4, -0.2) is 29.2 Å². The Bertz CT molecular complexity index is 576. The van der Waals surface area contributed by atoms with Crippen LogP contribution in [0.4, 0.5) is 0 Å². The molecule has 0 radical (unpaired) electrons. The number of benzene rings is 1. The summed E-state index contributed by atoms with van der Waals surface area (Å²) in [5.41, 5.74) is 2.21. The average molecular weight is 262 g/mol. The molecule has 0 amide bonds. The molecule has 4 N–H and O–H groups in total. The summed E-state index contributed by atoms with van der Waals surface area (Å²) < 4.78 is 0. The number of carboxylic acid groups (broad SMARTS) is 1. The second kappa shape index (κ2) is 5.92. The Hall–Kier alpha value is -2.47. The maximum absolute atomic E-state index is 11.9. The van der Waals surface area contributed by atoms with Gasteiger partial charge in [0.2, 0.25) is 6.61 Å². The largest absolute Gasteiger partial charge is 0.479 e. The number of rotatable bonds is 3. The lowest BCUT2D eigenvalue weighted by molar-refractivity contribution is -0.142. The third-order valence-corrected chi connectivity index (χ3v) is 2.51. The van der Waals surface area contributed by atoms with E-state index < -0.39 is 12.6 Å². The molecule has 6 nitrogen and oxygen atoms in total. The maximum Gasteiger partial charge on any atom is 0.344 e. The van der Waals surface area contributed by atoms with Crippen molar-refractivity contribution >= 4 is 17.5 Å². The number of oxime groups is 1. The molecule has 0 saturated carbocycles. The van der Waals surface area contributed by atoms with Gasteiger partial charge in [-0.05, 0) is 18.6 Å². The zero-order valence-electron chi connectivity index (χ0n) is 10.4. The van der Waals surface area contributed by atoms with Gasteiger partial charge >= 0.3 is 5.97 Å². The first-order valence-electron chi connectivity index (χ1n) is 5.33. The highest BCUT2D eigenvalue weighted by Crippen LogP contribution is 2.21. The summed E-state index contributed by atoms with van der Waals surface area (Å²) >= 11 is 0. The standard InChI is InChI=1S/C13H11NO4.H3N/c1-8-6-11(14-18-7-12(15)16)9-4-2-3-5-10(9)13(8)17;/h2-6H,7H2,1H3,(H,15,16);1H3. The van der Waals surface area contributed by atoms with Crippen LogP contribution in [0.3, 0.4) is 0 Å². The number of hydrogen-bond donors (Lipinski definition) is 2. The number of nitrogens with zero attached hydrogens (tertiary/aromatic N) is 1. The second-order valence-corrected chi connectivity index (χ2v) is 3.85. The van der Waals surface area contributed by atoms with Crippen LogP contribution in [-0.2, 0) is 9.63 Å². The molecule has 100 valence electrons. The molecule has 0 aliphatic heterocycles. The summed E-state index contributed by atoms with van der Waals surface area (Å²) in [5, 5.41) is 12.2. The third-order valence-electron chi connectivity index (χ3n) is 2.51. The van der Waals surface area contributed by atoms with E-state index in [9.17, 15) is 9.59 Å². The molecular weight excluding hydrogens is 248 g/mol. The van der Waals surface area contributed by atoms with E-state index in [1.54, 1.807) is 37.3 Å². The van der Waals surface area contributed by atoms with Gasteiger partial charge in [0.1, 0.15) is 5.71 Å². The molecule has 1 aliphatic rings. The van der Waals surface area contributed by atoms with E-state index in [2.05, 4.69) is 5.16 Å². The topological polar surface area (TPSA) is 111 Å². The first-order chi connectivity index (χ1) is 8.59. The summed E-state index contributed by atoms with van der Waals surface area (Å²) in [5.74, 6) is -1.15. The lowest BCUT2D eigenvalue weighted by atomic mass is 9.90. The van der Waals surface area contributed by atoms with Gasteiger partial charge in [-0.2, -0.15) is 0 Å². The first kappa shape index (κ1) is 14.6. The number of allylic oxidation sites excluding steroid dienone is 2. The number of Topliss-reactive ketones (excluding diaryl/α,β-unsaturated/α-hetero) is 1. The Labute approximate surface area is 110 Å². The van der Waals surface area contributed by atoms with Gasteiger partial charge < -0.3 is 16.1 Å². The predicted octanol–water partition coefficient (Wildman–Crippen LogP) is 1.80. The first-order valence-corrected chi connectivity index (χ1v) is 5.33. The minimum absolute atomic E-state index is 0. The van der Waals surface area contributed by atoms with Crippen molar-refractivity contribution in [3.05, 3.63) is 47.0 Å². The lowest BCUT2D eigenvalue weighted by Crippen LogP contribution is -2.16. The summed E-state index contributed by atoms with van der Waals surface area (Å²) in [4.78, 5) is 26.9. The minimum Gasteiger partial charge on any atom is -0.479 e. The number of carboxylic acids is 1. The Morgan fingerprint density at radius 2 is 1.95 bits per heavy atom. The van der Waals surface area contributed by atoms with Gasteiger partial charge in [-0.25, -0.2) is 4.79 Å². The maximum atomic E-state index is 11.9. The van der Waals surface area contributed by atoms with Crippen molar-refractivity contribution in [3.8, 4) is 0 Å². The van der Waals surface area contributed by atoms with E-state index in [0.717, 1.165) is 0 Å². The van der Waals surface area contributed by atoms with Crippen molar-refractivity contribution in [2.75, 3.05) is 6.61 Å². The second-order valence-electron chi connectivity index (χ2n) is 3.85. The molecule has 1 aromatic rings. The van der Waals surface area contributed by atoms with Crippen molar-refractivity contribution in [2.45, 2.75) is 6.92 Å². The van der Waals surface area contributed by atoms with Gasteiger partial charge in [0.25, 0.3) is 0 Å². The summed E-state index contributed by atoms with van der Waals surface area (Å²) in [7, 11) is 0. The van der Waals surface area contributed by atoms with Crippen molar-refractivity contribution in [3.63, 3.8) is 0 Å². The monoisotopic (exact) mass is 262 g/mol. The molecule has 0 saturated heterocycles. The zero-order chi connectivity index (χ0) is 13.1. The fraction of sp³-hybridized carbons (Fsp3) is 0.154. The van der Waals surface area contributed by atoms with Crippen LogP contribution in [0, 0.1) is 0 Å². The molecule has 0 aromatic heterocycles. The smallest absolute Gasteiger partial charge is 0.344 e. The number of aliphatic carboxylic acids is 1. The van der Waals surface area contributed by atoms with Crippen LogP contribution in [0.2, 0.25) is 0 Å². The van der Waals surface area contributed by atoms with Crippen LogP contribution in [0.1, 0.15) is 22.8 Å². The molecule has 0 bridgehead atoms. The average Bonchev–Trinajstić information content (AvgIpc) is 2.35. The van der Waals surface area contributed by atoms with Gasteiger partial charge in [0.15, 0.2) is 5.78 Å². The number of fused-ring (bicyclic) bond motifs is 1. The number of carbonyl (C=O) groups excluding carboxylic acids is 1. The zero-order valence-corrected chi connectivity index (χ0v) is 10.4. The molecule has 0 spiro atoms. The molecule has 1 aliphatic carbocycles. The Balaban J connectivity index is 0.00000180. The summed E-state index contributed by atoms with van der Waals surface area (Å²) in [6, 6.07) is 7.01. The number of ketones is 1. The van der Waals surface area contributed by atoms with E-state index in [1.165, 1.54) is 0 Å². The molecule has 0 atom stereocenters. The van der Waals surface area contributed by atoms with Gasteiger partial charge in [-0.3, -0.25) is 4.79 Å². The highest BCUT2D eigenvalue weighted by atomic mass is 16.6. The van der Waals surface area contributed by atoms with E-state index in [4.69, 9.17) is 9.94 Å². The Kier molecular flexibility index (Phi) is 4.55. The molecule has 2 rings (SSSR count). The van der Waals surface area contributed by atoms with Crippen LogP contribution in [0.5, 0.6) is 0 Å². The lowest BCUT2D eigenvalue weighted by Gasteiger charge is -2.14. The van der Waals surface area contributed by atoms with Crippen LogP contribution < -0.4 is 6.15 Å². The van der Waals surface area contributed by atoms with E-state index in [-0.39, 0.29) is 11.9 Å². The van der Waals surface area contributed by atoms with Crippen LogP contribution in [0.15, 0.2) is 41.1 Å².